The number of aromatic nitrogens is 1. The number of morpholine rings is 1. The van der Waals surface area contributed by atoms with Crippen LogP contribution in [0.3, 0.4) is 0 Å². The Morgan fingerprint density at radius 1 is 1.18 bits per heavy atom. The van der Waals surface area contributed by atoms with E-state index in [9.17, 15) is 14.9 Å². The number of nitro groups is 1. The molecule has 1 saturated heterocycles. The first-order valence-corrected chi connectivity index (χ1v) is 8.96. The summed E-state index contributed by atoms with van der Waals surface area (Å²) in [7, 11) is 0. The molecule has 1 N–H and O–H groups in total. The van der Waals surface area contributed by atoms with Gasteiger partial charge in [-0.1, -0.05) is 6.07 Å². The largest absolute Gasteiger partial charge is 0.457 e. The van der Waals surface area contributed by atoms with Crippen LogP contribution in [0.1, 0.15) is 15.9 Å². The van der Waals surface area contributed by atoms with Gasteiger partial charge in [-0.2, -0.15) is 0 Å². The number of hydrogen-bond donors (Lipinski definition) is 1. The van der Waals surface area contributed by atoms with Crippen molar-refractivity contribution in [3.8, 4) is 0 Å². The lowest BCUT2D eigenvalue weighted by Crippen LogP contribution is -2.37. The van der Waals surface area contributed by atoms with Crippen molar-refractivity contribution >= 4 is 28.2 Å². The summed E-state index contributed by atoms with van der Waals surface area (Å²) >= 11 is 0. The summed E-state index contributed by atoms with van der Waals surface area (Å²) in [6.45, 7) is 2.40. The lowest BCUT2D eigenvalue weighted by atomic mass is 10.1. The average molecular weight is 381 g/mol. The van der Waals surface area contributed by atoms with Crippen LogP contribution in [-0.2, 0) is 16.1 Å². The first kappa shape index (κ1) is 18.0. The maximum absolute atomic E-state index is 12.8. The molecule has 8 heteroatoms. The number of carbonyl (C=O) groups excluding carboxylic acids is 1. The summed E-state index contributed by atoms with van der Waals surface area (Å²) in [6, 6.07) is 12.0. The molecule has 1 aliphatic rings. The fraction of sp³-hybridized carbons (Fsp3) is 0.250. The van der Waals surface area contributed by atoms with Crippen LogP contribution in [0.5, 0.6) is 0 Å². The van der Waals surface area contributed by atoms with Crippen LogP contribution in [0.25, 0.3) is 10.9 Å². The molecule has 0 atom stereocenters. The number of nitrogens with one attached hydrogen (secondary N) is 1. The highest BCUT2D eigenvalue weighted by molar-refractivity contribution is 5.96. The number of H-pyrrole nitrogens is 1. The van der Waals surface area contributed by atoms with Gasteiger partial charge < -0.3 is 19.4 Å². The van der Waals surface area contributed by atoms with Crippen molar-refractivity contribution in [1.29, 1.82) is 0 Å². The normalized spacial score (nSPS) is 14.2. The first-order chi connectivity index (χ1) is 13.6. The summed E-state index contributed by atoms with van der Waals surface area (Å²) in [5, 5.41) is 12.2. The third kappa shape index (κ3) is 3.67. The lowest BCUT2D eigenvalue weighted by molar-refractivity contribution is -0.384. The van der Waals surface area contributed by atoms with Crippen molar-refractivity contribution in [3.05, 3.63) is 69.9 Å². The number of ether oxygens (including phenoxy) is 2. The van der Waals surface area contributed by atoms with Gasteiger partial charge in [0.05, 0.1) is 29.4 Å². The van der Waals surface area contributed by atoms with E-state index < -0.39 is 10.9 Å². The highest BCUT2D eigenvalue weighted by Crippen LogP contribution is 2.27. The summed E-state index contributed by atoms with van der Waals surface area (Å²) in [6.07, 6.45) is 1.85. The molecule has 0 unspecified atom stereocenters. The standard InChI is InChI=1S/C20H19N3O5/c24-20(28-13-14-1-3-18-15(11-14)5-6-21-18)17-12-16(23(25)26)2-4-19(17)22-7-9-27-10-8-22/h1-6,11-12,21H,7-10,13H2. The monoisotopic (exact) mass is 381 g/mol. The van der Waals surface area contributed by atoms with E-state index in [1.165, 1.54) is 12.1 Å². The fourth-order valence-electron chi connectivity index (χ4n) is 3.30. The molecule has 28 heavy (non-hydrogen) atoms. The second-order valence-electron chi connectivity index (χ2n) is 6.53. The van der Waals surface area contributed by atoms with E-state index in [1.807, 2.05) is 35.4 Å². The molecule has 8 nitrogen and oxygen atoms in total. The van der Waals surface area contributed by atoms with Crippen molar-refractivity contribution < 1.29 is 19.2 Å². The molecule has 0 bridgehead atoms. The summed E-state index contributed by atoms with van der Waals surface area (Å²) in [4.78, 5) is 28.5. The Morgan fingerprint density at radius 3 is 2.79 bits per heavy atom. The van der Waals surface area contributed by atoms with Gasteiger partial charge in [-0.15, -0.1) is 0 Å². The maximum atomic E-state index is 12.8. The third-order valence-electron chi connectivity index (χ3n) is 4.75. The summed E-state index contributed by atoms with van der Waals surface area (Å²) < 4.78 is 10.8. The van der Waals surface area contributed by atoms with E-state index in [1.54, 1.807) is 6.07 Å². The number of rotatable bonds is 5. The van der Waals surface area contributed by atoms with Crippen LogP contribution in [-0.4, -0.2) is 42.2 Å². The van der Waals surface area contributed by atoms with Crippen LogP contribution in [0, 0.1) is 10.1 Å². The second-order valence-corrected chi connectivity index (χ2v) is 6.53. The zero-order chi connectivity index (χ0) is 19.5. The highest BCUT2D eigenvalue weighted by Gasteiger charge is 2.23. The van der Waals surface area contributed by atoms with Gasteiger partial charge in [-0.25, -0.2) is 4.79 Å². The molecule has 144 valence electrons. The Bertz CT molecular complexity index is 1020. The number of carbonyl (C=O) groups is 1. The predicted molar refractivity (Wildman–Crippen MR) is 104 cm³/mol. The molecular formula is C20H19N3O5. The summed E-state index contributed by atoms with van der Waals surface area (Å²) in [5.41, 5.74) is 2.53. The van der Waals surface area contributed by atoms with Crippen LogP contribution in [0.4, 0.5) is 11.4 Å². The SMILES string of the molecule is O=C(OCc1ccc2[nH]ccc2c1)c1cc([N+](=O)[O-])ccc1N1CCOCC1. The molecule has 0 radical (unpaired) electrons. The molecule has 3 aromatic rings. The summed E-state index contributed by atoms with van der Waals surface area (Å²) in [5.74, 6) is -0.584. The number of hydrogen-bond acceptors (Lipinski definition) is 6. The lowest BCUT2D eigenvalue weighted by Gasteiger charge is -2.30. The van der Waals surface area contributed by atoms with Gasteiger partial charge in [0, 0.05) is 36.9 Å². The fourth-order valence-corrected chi connectivity index (χ4v) is 3.30. The predicted octanol–water partition coefficient (Wildman–Crippen LogP) is 3.27. The number of aromatic amines is 1. The maximum Gasteiger partial charge on any atom is 0.340 e. The van der Waals surface area contributed by atoms with Crippen molar-refractivity contribution in [1.82, 2.24) is 4.98 Å². The molecule has 0 saturated carbocycles. The Labute approximate surface area is 160 Å². The average Bonchev–Trinajstić information content (AvgIpc) is 3.20. The number of non-ortho nitro benzene ring substituents is 1. The van der Waals surface area contributed by atoms with E-state index >= 15 is 0 Å². The van der Waals surface area contributed by atoms with E-state index in [2.05, 4.69) is 4.98 Å². The number of esters is 1. The molecule has 0 amide bonds. The van der Waals surface area contributed by atoms with Crippen LogP contribution < -0.4 is 4.90 Å². The Morgan fingerprint density at radius 2 is 2.00 bits per heavy atom. The van der Waals surface area contributed by atoms with Gasteiger partial charge in [0.1, 0.15) is 6.61 Å². The minimum Gasteiger partial charge on any atom is -0.457 e. The second kappa shape index (κ2) is 7.69. The number of nitro benzene ring substituents is 1. The molecule has 1 aromatic heterocycles. The molecule has 1 fully saturated rings. The van der Waals surface area contributed by atoms with Crippen molar-refractivity contribution in [2.75, 3.05) is 31.2 Å². The quantitative estimate of drug-likeness (QED) is 0.414. The van der Waals surface area contributed by atoms with Crippen molar-refractivity contribution in [3.63, 3.8) is 0 Å². The minimum atomic E-state index is -0.584. The molecule has 4 rings (SSSR count). The Kier molecular flexibility index (Phi) is 4.94. The van der Waals surface area contributed by atoms with Crippen molar-refractivity contribution in [2.24, 2.45) is 0 Å². The van der Waals surface area contributed by atoms with Crippen molar-refractivity contribution in [2.45, 2.75) is 6.61 Å². The van der Waals surface area contributed by atoms with Gasteiger partial charge in [-0.05, 0) is 35.2 Å². The van der Waals surface area contributed by atoms with Gasteiger partial charge in [0.15, 0.2) is 0 Å². The zero-order valence-electron chi connectivity index (χ0n) is 15.1. The topological polar surface area (TPSA) is 97.7 Å². The van der Waals surface area contributed by atoms with Crippen LogP contribution >= 0.6 is 0 Å². The molecule has 1 aliphatic heterocycles. The third-order valence-corrected chi connectivity index (χ3v) is 4.75. The van der Waals surface area contributed by atoms with Gasteiger partial charge in [0.25, 0.3) is 5.69 Å². The molecule has 2 aromatic carbocycles. The van der Waals surface area contributed by atoms with Gasteiger partial charge in [-0.3, -0.25) is 10.1 Å². The Hall–Kier alpha value is -3.39. The number of nitrogens with zero attached hydrogens (tertiary/aromatic N) is 2. The Balaban J connectivity index is 1.57. The van der Waals surface area contributed by atoms with E-state index in [0.29, 0.717) is 32.0 Å². The van der Waals surface area contributed by atoms with Gasteiger partial charge in [0.2, 0.25) is 0 Å². The zero-order valence-corrected chi connectivity index (χ0v) is 15.1. The van der Waals surface area contributed by atoms with Crippen LogP contribution in [0.2, 0.25) is 0 Å². The number of benzene rings is 2. The van der Waals surface area contributed by atoms with Gasteiger partial charge >= 0.3 is 5.97 Å². The first-order valence-electron chi connectivity index (χ1n) is 8.96. The minimum absolute atomic E-state index is 0.0885. The molecular weight excluding hydrogens is 362 g/mol. The van der Waals surface area contributed by atoms with E-state index in [0.717, 1.165) is 16.5 Å². The highest BCUT2D eigenvalue weighted by atomic mass is 16.6. The smallest absolute Gasteiger partial charge is 0.340 e. The number of anilines is 1. The molecule has 0 aliphatic carbocycles. The van der Waals surface area contributed by atoms with Crippen LogP contribution in [0.15, 0.2) is 48.7 Å². The number of fused-ring (bicyclic) bond motifs is 1. The van der Waals surface area contributed by atoms with E-state index in [4.69, 9.17) is 9.47 Å². The van der Waals surface area contributed by atoms with E-state index in [-0.39, 0.29) is 17.9 Å². The molecule has 0 spiro atoms. The molecule has 2 heterocycles.